The highest BCUT2D eigenvalue weighted by Gasteiger charge is 2.10. The van der Waals surface area contributed by atoms with Crippen molar-refractivity contribution in [2.45, 2.75) is 0 Å². The minimum absolute atomic E-state index is 0.384. The summed E-state index contributed by atoms with van der Waals surface area (Å²) in [5, 5.41) is 0. The molecule has 0 unspecified atom stereocenters. The Morgan fingerprint density at radius 1 is 0.500 bits per heavy atom. The summed E-state index contributed by atoms with van der Waals surface area (Å²) >= 11 is 0. The molecule has 0 aliphatic heterocycles. The van der Waals surface area contributed by atoms with Gasteiger partial charge in [-0.05, 0) is 76.9 Å². The molecule has 0 bridgehead atoms. The van der Waals surface area contributed by atoms with E-state index in [9.17, 15) is 19.2 Å². The van der Waals surface area contributed by atoms with E-state index in [0.29, 0.717) is 64.3 Å². The van der Waals surface area contributed by atoms with Gasteiger partial charge in [-0.1, -0.05) is 0 Å². The van der Waals surface area contributed by atoms with Gasteiger partial charge in [0.25, 0.3) is 0 Å². The average Bonchev–Trinajstić information content (AvgIpc) is 2.77. The van der Waals surface area contributed by atoms with Gasteiger partial charge in [0.2, 0.25) is 0 Å². The molecule has 0 N–H and O–H groups in total. The van der Waals surface area contributed by atoms with Crippen molar-refractivity contribution in [2.24, 2.45) is 0 Å². The van der Waals surface area contributed by atoms with Gasteiger partial charge in [0.05, 0.1) is 7.11 Å². The monoisotopic (exact) mass is 372 g/mol. The first-order valence-corrected chi connectivity index (χ1v) is 8.41. The molecule has 0 saturated carbocycles. The molecular formula is C23H16O5. The normalized spacial score (nSPS) is 10.2. The van der Waals surface area contributed by atoms with Crippen molar-refractivity contribution in [3.8, 4) is 28.0 Å². The molecule has 0 aliphatic rings. The van der Waals surface area contributed by atoms with Crippen LogP contribution in [-0.4, -0.2) is 32.3 Å². The maximum absolute atomic E-state index is 11.2. The number of ether oxygens (including phenoxy) is 1. The summed E-state index contributed by atoms with van der Waals surface area (Å²) in [5.74, 6) is 0.556. The lowest BCUT2D eigenvalue weighted by atomic mass is 9.95. The summed E-state index contributed by atoms with van der Waals surface area (Å²) in [5.41, 5.74) is 4.34. The quantitative estimate of drug-likeness (QED) is 0.579. The third-order valence-corrected chi connectivity index (χ3v) is 4.31. The zero-order valence-corrected chi connectivity index (χ0v) is 15.0. The van der Waals surface area contributed by atoms with Gasteiger partial charge in [-0.2, -0.15) is 0 Å². The van der Waals surface area contributed by atoms with Gasteiger partial charge in [-0.15, -0.1) is 0 Å². The maximum atomic E-state index is 11.2. The van der Waals surface area contributed by atoms with Crippen LogP contribution in [0.1, 0.15) is 41.4 Å². The highest BCUT2D eigenvalue weighted by Crippen LogP contribution is 2.33. The van der Waals surface area contributed by atoms with E-state index in [1.165, 1.54) is 19.2 Å². The SMILES string of the molecule is COc1cc(-c2cc(C=O)cc(C=O)c2)cc(-c2cc(C=O)cc(C=O)c2)c1. The van der Waals surface area contributed by atoms with E-state index in [1.807, 2.05) is 6.07 Å². The first-order valence-electron chi connectivity index (χ1n) is 8.41. The van der Waals surface area contributed by atoms with Crippen LogP contribution in [0.5, 0.6) is 5.75 Å². The molecule has 0 saturated heterocycles. The standard InChI is InChI=1S/C23H16O5/c1-28-23-9-21(19-4-15(11-24)2-16(5-19)12-25)8-22(10-23)20-6-17(13-26)3-18(7-20)14-27/h2-14H,1H3. The molecule has 0 fully saturated rings. The van der Waals surface area contributed by atoms with Crippen molar-refractivity contribution >= 4 is 25.1 Å². The summed E-state index contributed by atoms with van der Waals surface area (Å²) in [6.07, 6.45) is 2.73. The fourth-order valence-corrected chi connectivity index (χ4v) is 3.01. The Balaban J connectivity index is 2.22. The van der Waals surface area contributed by atoms with E-state index in [4.69, 9.17) is 4.74 Å². The Morgan fingerprint density at radius 2 is 0.821 bits per heavy atom. The first kappa shape index (κ1) is 18.9. The van der Waals surface area contributed by atoms with Crippen molar-refractivity contribution in [1.82, 2.24) is 0 Å². The van der Waals surface area contributed by atoms with Gasteiger partial charge in [0.1, 0.15) is 30.9 Å². The largest absolute Gasteiger partial charge is 0.497 e. The predicted octanol–water partition coefficient (Wildman–Crippen LogP) is 4.28. The van der Waals surface area contributed by atoms with E-state index in [0.717, 1.165) is 11.1 Å². The minimum atomic E-state index is 0.384. The van der Waals surface area contributed by atoms with Crippen molar-refractivity contribution in [2.75, 3.05) is 7.11 Å². The molecule has 138 valence electrons. The third-order valence-electron chi connectivity index (χ3n) is 4.31. The lowest BCUT2D eigenvalue weighted by Gasteiger charge is -2.12. The number of carbonyl (C=O) groups excluding carboxylic acids is 4. The maximum Gasteiger partial charge on any atom is 0.150 e. The van der Waals surface area contributed by atoms with Gasteiger partial charge < -0.3 is 4.74 Å². The zero-order chi connectivity index (χ0) is 20.1. The number of hydrogen-bond donors (Lipinski definition) is 0. The Labute approximate surface area is 161 Å². The van der Waals surface area contributed by atoms with Crippen molar-refractivity contribution in [3.63, 3.8) is 0 Å². The predicted molar refractivity (Wildman–Crippen MR) is 105 cm³/mol. The van der Waals surface area contributed by atoms with E-state index in [-0.39, 0.29) is 0 Å². The van der Waals surface area contributed by atoms with Crippen LogP contribution in [-0.2, 0) is 0 Å². The second-order valence-electron chi connectivity index (χ2n) is 6.20. The molecule has 0 aromatic heterocycles. The Morgan fingerprint density at radius 3 is 1.11 bits per heavy atom. The smallest absolute Gasteiger partial charge is 0.150 e. The molecule has 0 heterocycles. The fourth-order valence-electron chi connectivity index (χ4n) is 3.01. The molecule has 0 aliphatic carbocycles. The lowest BCUT2D eigenvalue weighted by Crippen LogP contribution is -1.93. The van der Waals surface area contributed by atoms with E-state index < -0.39 is 0 Å². The molecule has 3 aromatic rings. The molecule has 0 atom stereocenters. The molecule has 0 radical (unpaired) electrons. The minimum Gasteiger partial charge on any atom is -0.497 e. The van der Waals surface area contributed by atoms with Gasteiger partial charge in [-0.3, -0.25) is 19.2 Å². The molecule has 0 spiro atoms. The summed E-state index contributed by atoms with van der Waals surface area (Å²) in [6, 6.07) is 15.1. The zero-order valence-electron chi connectivity index (χ0n) is 15.0. The van der Waals surface area contributed by atoms with Crippen molar-refractivity contribution in [3.05, 3.63) is 76.9 Å². The Bertz CT molecular complexity index is 948. The molecule has 5 nitrogen and oxygen atoms in total. The van der Waals surface area contributed by atoms with Crippen LogP contribution in [0, 0.1) is 0 Å². The van der Waals surface area contributed by atoms with Crippen LogP contribution in [0.15, 0.2) is 54.6 Å². The number of hydrogen-bond acceptors (Lipinski definition) is 5. The molecular weight excluding hydrogens is 356 g/mol. The van der Waals surface area contributed by atoms with Crippen LogP contribution in [0.3, 0.4) is 0 Å². The third kappa shape index (κ3) is 3.94. The average molecular weight is 372 g/mol. The lowest BCUT2D eigenvalue weighted by molar-refractivity contribution is 0.111. The van der Waals surface area contributed by atoms with Crippen LogP contribution >= 0.6 is 0 Å². The van der Waals surface area contributed by atoms with Gasteiger partial charge in [0, 0.05) is 22.3 Å². The van der Waals surface area contributed by atoms with Crippen molar-refractivity contribution in [1.29, 1.82) is 0 Å². The molecule has 3 rings (SSSR count). The van der Waals surface area contributed by atoms with Crippen LogP contribution in [0.25, 0.3) is 22.3 Å². The van der Waals surface area contributed by atoms with Gasteiger partial charge in [0.15, 0.2) is 0 Å². The van der Waals surface area contributed by atoms with Crippen LogP contribution < -0.4 is 4.74 Å². The van der Waals surface area contributed by atoms with E-state index >= 15 is 0 Å². The Hall–Kier alpha value is -3.86. The molecule has 5 heteroatoms. The second-order valence-corrected chi connectivity index (χ2v) is 6.20. The van der Waals surface area contributed by atoms with E-state index in [2.05, 4.69) is 0 Å². The van der Waals surface area contributed by atoms with Crippen LogP contribution in [0.4, 0.5) is 0 Å². The van der Waals surface area contributed by atoms with Crippen LogP contribution in [0.2, 0.25) is 0 Å². The summed E-state index contributed by atoms with van der Waals surface area (Å²) < 4.78 is 5.39. The second kappa shape index (κ2) is 8.22. The number of carbonyl (C=O) groups is 4. The molecule has 3 aromatic carbocycles. The fraction of sp³-hybridized carbons (Fsp3) is 0.0435. The topological polar surface area (TPSA) is 77.5 Å². The van der Waals surface area contributed by atoms with Gasteiger partial charge in [-0.25, -0.2) is 0 Å². The number of rotatable bonds is 7. The molecule has 28 heavy (non-hydrogen) atoms. The van der Waals surface area contributed by atoms with Gasteiger partial charge >= 0.3 is 0 Å². The molecule has 0 amide bonds. The summed E-state index contributed by atoms with van der Waals surface area (Å²) in [7, 11) is 1.53. The number of methoxy groups -OCH3 is 1. The first-order chi connectivity index (χ1) is 13.6. The Kier molecular flexibility index (Phi) is 5.56. The van der Waals surface area contributed by atoms with E-state index in [1.54, 1.807) is 36.4 Å². The highest BCUT2D eigenvalue weighted by atomic mass is 16.5. The van der Waals surface area contributed by atoms with Crippen molar-refractivity contribution < 1.29 is 23.9 Å². The summed E-state index contributed by atoms with van der Waals surface area (Å²) in [6.45, 7) is 0. The number of benzene rings is 3. The highest BCUT2D eigenvalue weighted by molar-refractivity contribution is 5.89. The number of aldehydes is 4. The summed E-state index contributed by atoms with van der Waals surface area (Å²) in [4.78, 5) is 44.8.